The second kappa shape index (κ2) is 4.43. The van der Waals surface area contributed by atoms with E-state index < -0.39 is 0 Å². The average Bonchev–Trinajstić information content (AvgIpc) is 2.70. The molecule has 2 aromatic rings. The highest BCUT2D eigenvalue weighted by atomic mass is 32.1. The van der Waals surface area contributed by atoms with Gasteiger partial charge in [0.15, 0.2) is 5.13 Å². The van der Waals surface area contributed by atoms with Crippen LogP contribution in [0.15, 0.2) is 18.2 Å². The summed E-state index contributed by atoms with van der Waals surface area (Å²) in [5.74, 6) is 0. The van der Waals surface area contributed by atoms with Gasteiger partial charge in [0.05, 0.1) is 10.2 Å². The molecule has 0 aliphatic heterocycles. The van der Waals surface area contributed by atoms with Crippen LogP contribution in [0.1, 0.15) is 32.6 Å². The summed E-state index contributed by atoms with van der Waals surface area (Å²) in [5.41, 5.74) is 8.16. The minimum Gasteiger partial charge on any atom is -0.399 e. The van der Waals surface area contributed by atoms with Crippen LogP contribution in [0.25, 0.3) is 10.2 Å². The smallest absolute Gasteiger partial charge is 0.183 e. The van der Waals surface area contributed by atoms with Crippen molar-refractivity contribution in [2.75, 3.05) is 17.6 Å². The number of nitrogen functional groups attached to an aromatic ring is 1. The van der Waals surface area contributed by atoms with Gasteiger partial charge in [-0.1, -0.05) is 24.7 Å². The topological polar surface area (TPSA) is 50.9 Å². The van der Waals surface area contributed by atoms with Crippen LogP contribution in [0.2, 0.25) is 0 Å². The van der Waals surface area contributed by atoms with Crippen molar-refractivity contribution in [2.24, 2.45) is 5.41 Å². The lowest BCUT2D eigenvalue weighted by Gasteiger charge is -2.41. The number of hydrogen-bond acceptors (Lipinski definition) is 4. The predicted octanol–water partition coefficient (Wildman–Crippen LogP) is 3.87. The molecule has 0 atom stereocenters. The van der Waals surface area contributed by atoms with Crippen LogP contribution in [0, 0.1) is 5.41 Å². The number of thiazole rings is 1. The first-order valence-corrected chi connectivity index (χ1v) is 7.42. The van der Waals surface area contributed by atoms with E-state index in [2.05, 4.69) is 17.2 Å². The first kappa shape index (κ1) is 11.8. The molecule has 1 aromatic carbocycles. The minimum absolute atomic E-state index is 0.525. The second-order valence-corrected chi connectivity index (χ2v) is 6.34. The third-order valence-corrected chi connectivity index (χ3v) is 5.17. The van der Waals surface area contributed by atoms with E-state index >= 15 is 0 Å². The van der Waals surface area contributed by atoms with Crippen LogP contribution in [0.5, 0.6) is 0 Å². The van der Waals surface area contributed by atoms with Gasteiger partial charge in [0.25, 0.3) is 0 Å². The standard InChI is InChI=1S/C14H19N3S/c1-2-14(6-3-7-14)9-16-13-17-11-5-4-10(15)8-12(11)18-13/h4-5,8H,2-3,6-7,9,15H2,1H3,(H,16,17). The van der Waals surface area contributed by atoms with Gasteiger partial charge < -0.3 is 11.1 Å². The first-order valence-electron chi connectivity index (χ1n) is 6.61. The van der Waals surface area contributed by atoms with Crippen molar-refractivity contribution in [1.29, 1.82) is 0 Å². The van der Waals surface area contributed by atoms with E-state index in [1.54, 1.807) is 11.3 Å². The molecule has 0 spiro atoms. The molecule has 1 fully saturated rings. The van der Waals surface area contributed by atoms with Gasteiger partial charge in [-0.15, -0.1) is 0 Å². The molecular weight excluding hydrogens is 242 g/mol. The van der Waals surface area contributed by atoms with E-state index in [-0.39, 0.29) is 0 Å². The minimum atomic E-state index is 0.525. The summed E-state index contributed by atoms with van der Waals surface area (Å²) < 4.78 is 1.16. The number of rotatable bonds is 4. The Morgan fingerprint density at radius 2 is 2.28 bits per heavy atom. The summed E-state index contributed by atoms with van der Waals surface area (Å²) in [7, 11) is 0. The molecule has 0 bridgehead atoms. The number of benzene rings is 1. The van der Waals surface area contributed by atoms with Gasteiger partial charge in [0, 0.05) is 12.2 Å². The molecule has 18 heavy (non-hydrogen) atoms. The molecule has 0 amide bonds. The van der Waals surface area contributed by atoms with Gasteiger partial charge in [-0.05, 0) is 42.9 Å². The Hall–Kier alpha value is -1.29. The van der Waals surface area contributed by atoms with E-state index in [0.29, 0.717) is 5.41 Å². The Morgan fingerprint density at radius 3 is 2.94 bits per heavy atom. The number of nitrogens with zero attached hydrogens (tertiary/aromatic N) is 1. The van der Waals surface area contributed by atoms with Crippen LogP contribution < -0.4 is 11.1 Å². The maximum absolute atomic E-state index is 5.79. The number of fused-ring (bicyclic) bond motifs is 1. The van der Waals surface area contributed by atoms with Crippen LogP contribution in [-0.2, 0) is 0 Å². The Balaban J connectivity index is 1.74. The highest BCUT2D eigenvalue weighted by Gasteiger charge is 2.34. The first-order chi connectivity index (χ1) is 8.71. The molecule has 1 aliphatic rings. The Labute approximate surface area is 111 Å². The van der Waals surface area contributed by atoms with Crippen molar-refractivity contribution in [1.82, 2.24) is 4.98 Å². The van der Waals surface area contributed by atoms with E-state index in [9.17, 15) is 0 Å². The summed E-state index contributed by atoms with van der Waals surface area (Å²) in [5, 5.41) is 4.54. The maximum atomic E-state index is 5.79. The zero-order valence-electron chi connectivity index (χ0n) is 10.7. The van der Waals surface area contributed by atoms with Crippen LogP contribution in [-0.4, -0.2) is 11.5 Å². The zero-order valence-corrected chi connectivity index (χ0v) is 11.5. The van der Waals surface area contributed by atoms with E-state index in [0.717, 1.165) is 27.6 Å². The van der Waals surface area contributed by atoms with Gasteiger partial charge >= 0.3 is 0 Å². The molecule has 3 rings (SSSR count). The van der Waals surface area contributed by atoms with Crippen LogP contribution >= 0.6 is 11.3 Å². The maximum Gasteiger partial charge on any atom is 0.183 e. The molecule has 0 unspecified atom stereocenters. The molecule has 0 radical (unpaired) electrons. The third kappa shape index (κ3) is 2.05. The third-order valence-electron chi connectivity index (χ3n) is 4.19. The number of hydrogen-bond donors (Lipinski definition) is 2. The second-order valence-electron chi connectivity index (χ2n) is 5.31. The van der Waals surface area contributed by atoms with Crippen LogP contribution in [0.3, 0.4) is 0 Å². The van der Waals surface area contributed by atoms with Gasteiger partial charge in [0.1, 0.15) is 0 Å². The number of aromatic nitrogens is 1. The fourth-order valence-electron chi connectivity index (χ4n) is 2.61. The molecule has 1 saturated carbocycles. The molecule has 4 heteroatoms. The molecule has 3 nitrogen and oxygen atoms in total. The molecular formula is C14H19N3S. The summed E-state index contributed by atoms with van der Waals surface area (Å²) in [6.45, 7) is 3.35. The van der Waals surface area contributed by atoms with Crippen molar-refractivity contribution >= 4 is 32.4 Å². The van der Waals surface area contributed by atoms with Gasteiger partial charge in [-0.25, -0.2) is 4.98 Å². The molecule has 1 aliphatic carbocycles. The normalized spacial score (nSPS) is 17.6. The predicted molar refractivity (Wildman–Crippen MR) is 79.1 cm³/mol. The summed E-state index contributed by atoms with van der Waals surface area (Å²) in [4.78, 5) is 4.60. The largest absolute Gasteiger partial charge is 0.399 e. The van der Waals surface area contributed by atoms with E-state index in [4.69, 9.17) is 5.73 Å². The fraction of sp³-hybridized carbons (Fsp3) is 0.500. The summed E-state index contributed by atoms with van der Waals surface area (Å²) in [6.07, 6.45) is 5.35. The zero-order chi connectivity index (χ0) is 12.6. The molecule has 1 aromatic heterocycles. The Morgan fingerprint density at radius 1 is 1.44 bits per heavy atom. The van der Waals surface area contributed by atoms with E-state index in [1.165, 1.54) is 25.7 Å². The molecule has 0 saturated heterocycles. The van der Waals surface area contributed by atoms with Gasteiger partial charge in [0.2, 0.25) is 0 Å². The molecule has 96 valence electrons. The number of anilines is 2. The van der Waals surface area contributed by atoms with Crippen molar-refractivity contribution in [3.8, 4) is 0 Å². The Bertz CT molecular complexity index is 552. The van der Waals surface area contributed by atoms with Crippen LogP contribution in [0.4, 0.5) is 10.8 Å². The number of nitrogens with two attached hydrogens (primary N) is 1. The van der Waals surface area contributed by atoms with Gasteiger partial charge in [-0.2, -0.15) is 0 Å². The Kier molecular flexibility index (Phi) is 2.90. The van der Waals surface area contributed by atoms with Gasteiger partial charge in [-0.3, -0.25) is 0 Å². The van der Waals surface area contributed by atoms with Crippen molar-refractivity contribution < 1.29 is 0 Å². The monoisotopic (exact) mass is 261 g/mol. The SMILES string of the molecule is CCC1(CNc2nc3ccc(N)cc3s2)CCC1. The number of nitrogens with one attached hydrogen (secondary N) is 1. The van der Waals surface area contributed by atoms with Crippen molar-refractivity contribution in [2.45, 2.75) is 32.6 Å². The highest BCUT2D eigenvalue weighted by molar-refractivity contribution is 7.22. The lowest BCUT2D eigenvalue weighted by Crippen LogP contribution is -2.35. The highest BCUT2D eigenvalue weighted by Crippen LogP contribution is 2.44. The van der Waals surface area contributed by atoms with E-state index in [1.807, 2.05) is 18.2 Å². The lowest BCUT2D eigenvalue weighted by molar-refractivity contribution is 0.145. The quantitative estimate of drug-likeness (QED) is 0.821. The van der Waals surface area contributed by atoms with Crippen molar-refractivity contribution in [3.05, 3.63) is 18.2 Å². The molecule has 3 N–H and O–H groups in total. The molecule has 1 heterocycles. The average molecular weight is 261 g/mol. The summed E-state index contributed by atoms with van der Waals surface area (Å²) >= 11 is 1.69. The summed E-state index contributed by atoms with van der Waals surface area (Å²) in [6, 6.07) is 5.90. The van der Waals surface area contributed by atoms with Crippen molar-refractivity contribution in [3.63, 3.8) is 0 Å². The fourth-order valence-corrected chi connectivity index (χ4v) is 3.52. The lowest BCUT2D eigenvalue weighted by atomic mass is 9.67.